The Balaban J connectivity index is 1.69. The smallest absolute Gasteiger partial charge is 0.204 e. The maximum absolute atomic E-state index is 12.9. The van der Waals surface area contributed by atoms with Crippen LogP contribution in [0.2, 0.25) is 0 Å². The van der Waals surface area contributed by atoms with Gasteiger partial charge in [-0.2, -0.15) is 5.26 Å². The van der Waals surface area contributed by atoms with Gasteiger partial charge in [0, 0.05) is 29.9 Å². The van der Waals surface area contributed by atoms with Gasteiger partial charge in [-0.1, -0.05) is 24.3 Å². The van der Waals surface area contributed by atoms with Crippen LogP contribution in [0.4, 0.5) is 16.4 Å². The molecular formula is C23H18N4O2S. The zero-order chi connectivity index (χ0) is 21.3. The Morgan fingerprint density at radius 2 is 1.57 bits per heavy atom. The van der Waals surface area contributed by atoms with Crippen LogP contribution in [0.1, 0.15) is 50.6 Å². The summed E-state index contributed by atoms with van der Waals surface area (Å²) >= 11 is 1.03. The maximum atomic E-state index is 12.9. The van der Waals surface area contributed by atoms with E-state index >= 15 is 0 Å². The Hall–Kier alpha value is -3.63. The lowest BCUT2D eigenvalue weighted by molar-refractivity contribution is 0.0982. The van der Waals surface area contributed by atoms with Crippen molar-refractivity contribution in [1.29, 1.82) is 5.26 Å². The molecule has 1 aromatic heterocycles. The van der Waals surface area contributed by atoms with Crippen molar-refractivity contribution in [1.82, 2.24) is 0 Å². The number of hydrogen-bond donors (Lipinski definition) is 0. The molecule has 0 atom stereocenters. The molecule has 3 aromatic rings. The molecule has 2 aromatic carbocycles. The summed E-state index contributed by atoms with van der Waals surface area (Å²) in [5, 5.41) is 18.3. The molecule has 30 heavy (non-hydrogen) atoms. The molecule has 148 valence electrons. The number of nitrogens with zero attached hydrogens (tertiary/aromatic N) is 4. The zero-order valence-corrected chi connectivity index (χ0v) is 17.4. The summed E-state index contributed by atoms with van der Waals surface area (Å²) < 4.78 is 0. The summed E-state index contributed by atoms with van der Waals surface area (Å²) in [6.45, 7) is 6.02. The molecular weight excluding hydrogens is 396 g/mol. The summed E-state index contributed by atoms with van der Waals surface area (Å²) in [4.78, 5) is 28.2. The fraction of sp³-hybridized carbons (Fsp3) is 0.174. The van der Waals surface area contributed by atoms with Gasteiger partial charge in [0.2, 0.25) is 5.78 Å². The van der Waals surface area contributed by atoms with Crippen molar-refractivity contribution in [2.24, 2.45) is 10.2 Å². The van der Waals surface area contributed by atoms with Gasteiger partial charge in [0.15, 0.2) is 10.8 Å². The number of thiophene rings is 1. The lowest BCUT2D eigenvalue weighted by Gasteiger charge is -2.20. The number of benzene rings is 2. The van der Waals surface area contributed by atoms with E-state index in [-0.39, 0.29) is 32.6 Å². The Bertz CT molecular complexity index is 1210. The molecule has 4 rings (SSSR count). The van der Waals surface area contributed by atoms with Crippen LogP contribution in [0.15, 0.2) is 58.8 Å². The molecule has 0 N–H and O–H groups in total. The molecule has 0 unspecified atom stereocenters. The molecule has 0 bridgehead atoms. The number of anilines is 1. The van der Waals surface area contributed by atoms with E-state index in [4.69, 9.17) is 0 Å². The topological polar surface area (TPSA) is 85.9 Å². The predicted octanol–water partition coefficient (Wildman–Crippen LogP) is 5.66. The SMILES string of the molecule is CCN(CC)c1ccc(N=Nc2sc3c(c2C#N)C(=O)c2ccccc2C3=O)cc1. The number of azo groups is 1. The first-order valence-electron chi connectivity index (χ1n) is 9.61. The third-order valence-corrected chi connectivity index (χ3v) is 6.16. The molecule has 0 amide bonds. The molecule has 6 nitrogen and oxygen atoms in total. The summed E-state index contributed by atoms with van der Waals surface area (Å²) in [6, 6.07) is 16.3. The predicted molar refractivity (Wildman–Crippen MR) is 117 cm³/mol. The van der Waals surface area contributed by atoms with Crippen molar-refractivity contribution in [3.63, 3.8) is 0 Å². The van der Waals surface area contributed by atoms with Crippen molar-refractivity contribution >= 4 is 39.3 Å². The highest BCUT2D eigenvalue weighted by molar-refractivity contribution is 7.18. The third kappa shape index (κ3) is 3.21. The third-order valence-electron chi connectivity index (χ3n) is 5.09. The second-order valence-electron chi connectivity index (χ2n) is 6.69. The number of hydrogen-bond acceptors (Lipinski definition) is 7. The van der Waals surface area contributed by atoms with Crippen molar-refractivity contribution < 1.29 is 9.59 Å². The average Bonchev–Trinajstić information content (AvgIpc) is 3.17. The molecule has 1 heterocycles. The Labute approximate surface area is 178 Å². The van der Waals surface area contributed by atoms with E-state index in [1.165, 1.54) is 0 Å². The van der Waals surface area contributed by atoms with Crippen molar-refractivity contribution in [2.75, 3.05) is 18.0 Å². The standard InChI is InChI=1S/C23H18N4O2S/c1-3-27(4-2)15-11-9-14(10-12-15)25-26-23-18(13-24)19-20(28)16-7-5-6-8-17(16)21(29)22(19)30-23/h5-12H,3-4H2,1-2H3. The Kier molecular flexibility index (Phi) is 5.25. The van der Waals surface area contributed by atoms with Crippen LogP contribution in [0.5, 0.6) is 0 Å². The minimum Gasteiger partial charge on any atom is -0.372 e. The molecule has 0 aliphatic heterocycles. The number of carbonyl (C=O) groups excluding carboxylic acids is 2. The molecule has 0 saturated heterocycles. The Morgan fingerprint density at radius 3 is 2.17 bits per heavy atom. The molecule has 1 aliphatic rings. The number of ketones is 2. The van der Waals surface area contributed by atoms with Gasteiger partial charge < -0.3 is 4.90 Å². The monoisotopic (exact) mass is 414 g/mol. The number of carbonyl (C=O) groups is 2. The van der Waals surface area contributed by atoms with Gasteiger partial charge in [0.05, 0.1) is 16.1 Å². The quantitative estimate of drug-likeness (QED) is 0.395. The van der Waals surface area contributed by atoms with E-state index in [9.17, 15) is 14.9 Å². The molecule has 0 saturated carbocycles. The highest BCUT2D eigenvalue weighted by Gasteiger charge is 2.35. The first kappa shape index (κ1) is 19.7. The first-order valence-corrected chi connectivity index (χ1v) is 10.4. The van der Waals surface area contributed by atoms with Gasteiger partial charge in [-0.25, -0.2) is 0 Å². The zero-order valence-electron chi connectivity index (χ0n) is 16.5. The first-order chi connectivity index (χ1) is 14.6. The van der Waals surface area contributed by atoms with Gasteiger partial charge >= 0.3 is 0 Å². The molecule has 0 fully saturated rings. The van der Waals surface area contributed by atoms with Gasteiger partial charge in [-0.05, 0) is 38.1 Å². The Morgan fingerprint density at radius 1 is 0.933 bits per heavy atom. The average molecular weight is 414 g/mol. The van der Waals surface area contributed by atoms with Gasteiger partial charge in [0.1, 0.15) is 11.6 Å². The summed E-state index contributed by atoms with van der Waals surface area (Å²) in [5.41, 5.74) is 2.64. The van der Waals surface area contributed by atoms with Crippen LogP contribution in [0, 0.1) is 11.3 Å². The normalized spacial score (nSPS) is 12.6. The lowest BCUT2D eigenvalue weighted by Crippen LogP contribution is -2.21. The molecule has 1 aliphatic carbocycles. The summed E-state index contributed by atoms with van der Waals surface area (Å²) in [5.74, 6) is -0.579. The van der Waals surface area contributed by atoms with Crippen molar-refractivity contribution in [3.8, 4) is 6.07 Å². The highest BCUT2D eigenvalue weighted by atomic mass is 32.1. The van der Waals surface area contributed by atoms with E-state index in [0.717, 1.165) is 30.1 Å². The number of fused-ring (bicyclic) bond motifs is 2. The minimum atomic E-state index is -0.321. The van der Waals surface area contributed by atoms with E-state index in [2.05, 4.69) is 29.0 Å². The van der Waals surface area contributed by atoms with E-state index in [1.807, 2.05) is 30.3 Å². The van der Waals surface area contributed by atoms with Crippen LogP contribution < -0.4 is 4.90 Å². The van der Waals surface area contributed by atoms with Crippen LogP contribution in [-0.2, 0) is 0 Å². The number of nitriles is 1. The highest BCUT2D eigenvalue weighted by Crippen LogP contribution is 2.41. The van der Waals surface area contributed by atoms with Crippen LogP contribution in [0.25, 0.3) is 0 Å². The van der Waals surface area contributed by atoms with Gasteiger partial charge in [-0.15, -0.1) is 21.6 Å². The van der Waals surface area contributed by atoms with Gasteiger partial charge in [0.25, 0.3) is 0 Å². The fourth-order valence-corrected chi connectivity index (χ4v) is 4.55. The fourth-order valence-electron chi connectivity index (χ4n) is 3.53. The van der Waals surface area contributed by atoms with Crippen LogP contribution in [0.3, 0.4) is 0 Å². The van der Waals surface area contributed by atoms with E-state index < -0.39 is 0 Å². The molecule has 7 heteroatoms. The van der Waals surface area contributed by atoms with Crippen molar-refractivity contribution in [2.45, 2.75) is 13.8 Å². The maximum Gasteiger partial charge on any atom is 0.204 e. The summed E-state index contributed by atoms with van der Waals surface area (Å²) in [6.07, 6.45) is 0. The van der Waals surface area contributed by atoms with Gasteiger partial charge in [-0.3, -0.25) is 9.59 Å². The van der Waals surface area contributed by atoms with E-state index in [1.54, 1.807) is 24.3 Å². The van der Waals surface area contributed by atoms with E-state index in [0.29, 0.717) is 16.8 Å². The second kappa shape index (κ2) is 8.01. The molecule has 0 spiro atoms. The van der Waals surface area contributed by atoms with Crippen LogP contribution >= 0.6 is 11.3 Å². The molecule has 0 radical (unpaired) electrons. The minimum absolute atomic E-state index is 0.103. The summed E-state index contributed by atoms with van der Waals surface area (Å²) in [7, 11) is 0. The second-order valence-corrected chi connectivity index (χ2v) is 7.69. The van der Waals surface area contributed by atoms with Crippen molar-refractivity contribution in [3.05, 3.63) is 75.7 Å². The van der Waals surface area contributed by atoms with Crippen LogP contribution in [-0.4, -0.2) is 24.7 Å². The largest absolute Gasteiger partial charge is 0.372 e. The number of rotatable bonds is 5. The lowest BCUT2D eigenvalue weighted by atomic mass is 9.87.